The maximum absolute atomic E-state index is 12.3. The van der Waals surface area contributed by atoms with Crippen LogP contribution in [0.5, 0.6) is 0 Å². The summed E-state index contributed by atoms with van der Waals surface area (Å²) in [5, 5.41) is 7.44. The van der Waals surface area contributed by atoms with Crippen molar-refractivity contribution in [2.24, 2.45) is 5.92 Å². The van der Waals surface area contributed by atoms with E-state index in [4.69, 9.17) is 10.5 Å². The van der Waals surface area contributed by atoms with Crippen molar-refractivity contribution in [2.45, 2.75) is 25.3 Å². The molecule has 0 bridgehead atoms. The topological polar surface area (TPSA) is 111 Å². The number of rotatable bonds is 4. The fourth-order valence-corrected chi connectivity index (χ4v) is 3.50. The zero-order valence-electron chi connectivity index (χ0n) is 14.5. The Morgan fingerprint density at radius 3 is 2.81 bits per heavy atom. The smallest absolute Gasteiger partial charge is 0.231 e. The van der Waals surface area contributed by atoms with Crippen LogP contribution in [0.3, 0.4) is 0 Å². The molecule has 1 atom stereocenters. The predicted octanol–water partition coefficient (Wildman–Crippen LogP) is 1.07. The van der Waals surface area contributed by atoms with Crippen LogP contribution in [0.1, 0.15) is 25.3 Å². The summed E-state index contributed by atoms with van der Waals surface area (Å²) in [6, 6.07) is 3.77. The van der Waals surface area contributed by atoms with Crippen molar-refractivity contribution in [3.05, 3.63) is 24.5 Å². The molecule has 1 amide bonds. The van der Waals surface area contributed by atoms with Crippen LogP contribution in [0.4, 0.5) is 17.6 Å². The van der Waals surface area contributed by atoms with Crippen LogP contribution in [0.25, 0.3) is 0 Å². The SMILES string of the molecule is Nc1ccnc(N2CCC(n3nccc3NC(=O)C3CCOC3)CC2)n1. The molecule has 0 saturated carbocycles. The van der Waals surface area contributed by atoms with Gasteiger partial charge < -0.3 is 20.7 Å². The maximum atomic E-state index is 12.3. The van der Waals surface area contributed by atoms with E-state index in [9.17, 15) is 4.79 Å². The van der Waals surface area contributed by atoms with Crippen LogP contribution >= 0.6 is 0 Å². The van der Waals surface area contributed by atoms with Crippen molar-refractivity contribution in [2.75, 3.05) is 42.3 Å². The minimum atomic E-state index is -0.0686. The van der Waals surface area contributed by atoms with Gasteiger partial charge in [0.2, 0.25) is 11.9 Å². The van der Waals surface area contributed by atoms with E-state index in [-0.39, 0.29) is 17.9 Å². The third-order valence-electron chi connectivity index (χ3n) is 4.98. The predicted molar refractivity (Wildman–Crippen MR) is 96.7 cm³/mol. The first-order valence-corrected chi connectivity index (χ1v) is 8.96. The van der Waals surface area contributed by atoms with E-state index < -0.39 is 0 Å². The van der Waals surface area contributed by atoms with Crippen molar-refractivity contribution in [1.29, 1.82) is 0 Å². The number of carbonyl (C=O) groups is 1. The summed E-state index contributed by atoms with van der Waals surface area (Å²) in [4.78, 5) is 23.1. The summed E-state index contributed by atoms with van der Waals surface area (Å²) in [6.07, 6.45) is 5.98. The highest BCUT2D eigenvalue weighted by atomic mass is 16.5. The number of aromatic nitrogens is 4. The highest BCUT2D eigenvalue weighted by Crippen LogP contribution is 2.27. The summed E-state index contributed by atoms with van der Waals surface area (Å²) < 4.78 is 7.22. The Morgan fingerprint density at radius 2 is 2.08 bits per heavy atom. The second-order valence-corrected chi connectivity index (χ2v) is 6.71. The van der Waals surface area contributed by atoms with E-state index in [0.717, 1.165) is 38.2 Å². The Kier molecular flexibility index (Phi) is 4.70. The van der Waals surface area contributed by atoms with Crippen molar-refractivity contribution in [3.63, 3.8) is 0 Å². The minimum absolute atomic E-state index is 0.00912. The van der Waals surface area contributed by atoms with Gasteiger partial charge in [-0.3, -0.25) is 4.79 Å². The number of amides is 1. The fraction of sp³-hybridized carbons (Fsp3) is 0.529. The Bertz CT molecular complexity index is 764. The zero-order chi connectivity index (χ0) is 17.9. The van der Waals surface area contributed by atoms with E-state index in [1.165, 1.54) is 0 Å². The molecule has 4 heterocycles. The van der Waals surface area contributed by atoms with Crippen molar-refractivity contribution >= 4 is 23.5 Å². The molecule has 2 aliphatic rings. The molecule has 26 heavy (non-hydrogen) atoms. The summed E-state index contributed by atoms with van der Waals surface area (Å²) in [5.74, 6) is 1.83. The van der Waals surface area contributed by atoms with Crippen LogP contribution in [0, 0.1) is 5.92 Å². The number of piperidine rings is 1. The van der Waals surface area contributed by atoms with Crippen LogP contribution < -0.4 is 16.0 Å². The van der Waals surface area contributed by atoms with Crippen LogP contribution in [-0.4, -0.2) is 52.0 Å². The summed E-state index contributed by atoms with van der Waals surface area (Å²) >= 11 is 0. The van der Waals surface area contributed by atoms with Crippen molar-refractivity contribution in [3.8, 4) is 0 Å². The molecule has 9 heteroatoms. The first kappa shape index (κ1) is 16.8. The Balaban J connectivity index is 1.39. The lowest BCUT2D eigenvalue weighted by atomic mass is 10.1. The maximum Gasteiger partial charge on any atom is 0.231 e. The molecule has 3 N–H and O–H groups in total. The van der Waals surface area contributed by atoms with Gasteiger partial charge in [-0.2, -0.15) is 10.1 Å². The van der Waals surface area contributed by atoms with E-state index in [1.54, 1.807) is 18.5 Å². The van der Waals surface area contributed by atoms with Gasteiger partial charge in [-0.15, -0.1) is 0 Å². The number of nitrogen functional groups attached to an aromatic ring is 1. The summed E-state index contributed by atoms with van der Waals surface area (Å²) in [6.45, 7) is 2.79. The molecule has 2 aromatic heterocycles. The standard InChI is InChI=1S/C17H23N7O2/c18-14-1-6-19-17(21-14)23-8-3-13(4-9-23)24-15(2-7-20-24)22-16(25)12-5-10-26-11-12/h1-2,6-7,12-13H,3-5,8-11H2,(H,22,25)(H2,18,19,21). The first-order chi connectivity index (χ1) is 12.7. The molecule has 2 aliphatic heterocycles. The molecule has 0 radical (unpaired) electrons. The molecule has 0 spiro atoms. The zero-order valence-corrected chi connectivity index (χ0v) is 14.5. The molecular weight excluding hydrogens is 334 g/mol. The average Bonchev–Trinajstić information content (AvgIpc) is 3.34. The van der Waals surface area contributed by atoms with E-state index in [0.29, 0.717) is 25.0 Å². The number of nitrogens with zero attached hydrogens (tertiary/aromatic N) is 5. The normalized spacial score (nSPS) is 21.1. The van der Waals surface area contributed by atoms with Crippen LogP contribution in [0.15, 0.2) is 24.5 Å². The van der Waals surface area contributed by atoms with Gasteiger partial charge in [0, 0.05) is 32.0 Å². The third kappa shape index (κ3) is 3.48. The molecule has 2 aromatic rings. The van der Waals surface area contributed by atoms with Gasteiger partial charge in [0.1, 0.15) is 11.6 Å². The summed E-state index contributed by atoms with van der Waals surface area (Å²) in [5.41, 5.74) is 5.75. The molecule has 138 valence electrons. The third-order valence-corrected chi connectivity index (χ3v) is 4.98. The van der Waals surface area contributed by atoms with Crippen molar-refractivity contribution in [1.82, 2.24) is 19.7 Å². The molecular formula is C17H23N7O2. The second-order valence-electron chi connectivity index (χ2n) is 6.71. The molecule has 0 aliphatic carbocycles. The molecule has 1 unspecified atom stereocenters. The van der Waals surface area contributed by atoms with Gasteiger partial charge in [-0.1, -0.05) is 0 Å². The van der Waals surface area contributed by atoms with Gasteiger partial charge >= 0.3 is 0 Å². The number of anilines is 3. The second kappa shape index (κ2) is 7.28. The van der Waals surface area contributed by atoms with Crippen LogP contribution in [0.2, 0.25) is 0 Å². The lowest BCUT2D eigenvalue weighted by Gasteiger charge is -2.32. The van der Waals surface area contributed by atoms with Gasteiger partial charge in [0.25, 0.3) is 0 Å². The van der Waals surface area contributed by atoms with Gasteiger partial charge in [0.05, 0.1) is 24.8 Å². The lowest BCUT2D eigenvalue weighted by Crippen LogP contribution is -2.36. The number of hydrogen-bond acceptors (Lipinski definition) is 7. The molecule has 4 rings (SSSR count). The highest BCUT2D eigenvalue weighted by molar-refractivity contribution is 5.92. The van der Waals surface area contributed by atoms with Crippen LogP contribution in [-0.2, 0) is 9.53 Å². The number of nitrogens with two attached hydrogens (primary N) is 1. The Hall–Kier alpha value is -2.68. The minimum Gasteiger partial charge on any atom is -0.384 e. The van der Waals surface area contributed by atoms with E-state index in [2.05, 4.69) is 25.3 Å². The lowest BCUT2D eigenvalue weighted by molar-refractivity contribution is -0.119. The van der Waals surface area contributed by atoms with Gasteiger partial charge in [0.15, 0.2) is 0 Å². The highest BCUT2D eigenvalue weighted by Gasteiger charge is 2.27. The number of carbonyl (C=O) groups excluding carboxylic acids is 1. The molecule has 0 aromatic carbocycles. The number of ether oxygens (including phenoxy) is 1. The summed E-state index contributed by atoms with van der Waals surface area (Å²) in [7, 11) is 0. The molecule has 9 nitrogen and oxygen atoms in total. The number of nitrogens with one attached hydrogen (secondary N) is 1. The van der Waals surface area contributed by atoms with E-state index in [1.807, 2.05) is 10.7 Å². The number of hydrogen-bond donors (Lipinski definition) is 2. The molecule has 2 fully saturated rings. The monoisotopic (exact) mass is 357 g/mol. The van der Waals surface area contributed by atoms with Gasteiger partial charge in [-0.25, -0.2) is 9.67 Å². The Labute approximate surface area is 151 Å². The first-order valence-electron chi connectivity index (χ1n) is 8.96. The quantitative estimate of drug-likeness (QED) is 0.842. The average molecular weight is 357 g/mol. The van der Waals surface area contributed by atoms with E-state index >= 15 is 0 Å². The fourth-order valence-electron chi connectivity index (χ4n) is 3.50. The largest absolute Gasteiger partial charge is 0.384 e. The van der Waals surface area contributed by atoms with Crippen molar-refractivity contribution < 1.29 is 9.53 Å². The Morgan fingerprint density at radius 1 is 1.23 bits per heavy atom. The molecule has 2 saturated heterocycles. The van der Waals surface area contributed by atoms with Gasteiger partial charge in [-0.05, 0) is 25.3 Å².